The van der Waals surface area contributed by atoms with E-state index in [1.807, 2.05) is 30.3 Å². The van der Waals surface area contributed by atoms with Gasteiger partial charge in [-0.05, 0) is 30.9 Å². The summed E-state index contributed by atoms with van der Waals surface area (Å²) in [5.74, 6) is 0.759. The van der Waals surface area contributed by atoms with E-state index in [0.29, 0.717) is 11.7 Å². The molecule has 1 aliphatic carbocycles. The number of rotatable bonds is 7. The van der Waals surface area contributed by atoms with Gasteiger partial charge in [0.15, 0.2) is 0 Å². The minimum atomic E-state index is -4.26. The van der Waals surface area contributed by atoms with Crippen LogP contribution in [-0.4, -0.2) is 25.2 Å². The highest BCUT2D eigenvalue weighted by Gasteiger charge is 2.35. The average Bonchev–Trinajstić information content (AvgIpc) is 3.26. The van der Waals surface area contributed by atoms with E-state index < -0.39 is 12.7 Å². The molecule has 0 bridgehead atoms. The van der Waals surface area contributed by atoms with E-state index in [2.05, 4.69) is 10.6 Å². The highest BCUT2D eigenvalue weighted by molar-refractivity contribution is 5.79. The summed E-state index contributed by atoms with van der Waals surface area (Å²) in [6.45, 7) is -1.10. The second kappa shape index (κ2) is 6.84. The molecule has 0 aliphatic heterocycles. The Balaban J connectivity index is 1.57. The summed E-state index contributed by atoms with van der Waals surface area (Å²) in [5.41, 5.74) is 0.763. The molecule has 3 rings (SSSR count). The maximum atomic E-state index is 12.1. The zero-order valence-corrected chi connectivity index (χ0v) is 13.0. The number of carbonyl (C=O) groups is 1. The van der Waals surface area contributed by atoms with Gasteiger partial charge in [-0.25, -0.2) is 0 Å². The highest BCUT2D eigenvalue weighted by Crippen LogP contribution is 2.42. The zero-order valence-electron chi connectivity index (χ0n) is 13.0. The monoisotopic (exact) mass is 340 g/mol. The molecule has 24 heavy (non-hydrogen) atoms. The van der Waals surface area contributed by atoms with Crippen molar-refractivity contribution in [2.24, 2.45) is 5.92 Å². The first-order valence-electron chi connectivity index (χ1n) is 7.98. The fraction of sp³-hybridized carbons (Fsp3) is 0.471. The molecular formula is C17H19F3N2O2. The Kier molecular flexibility index (Phi) is 4.80. The minimum absolute atomic E-state index is 0.000468. The van der Waals surface area contributed by atoms with Crippen molar-refractivity contribution in [3.8, 4) is 0 Å². The number of furan rings is 1. The summed E-state index contributed by atoms with van der Waals surface area (Å²) in [6.07, 6.45) is -2.25. The lowest BCUT2D eigenvalue weighted by Crippen LogP contribution is -2.34. The maximum Gasteiger partial charge on any atom is 0.401 e. The van der Waals surface area contributed by atoms with Crippen LogP contribution in [0.25, 0.3) is 11.0 Å². The number of nitrogens with one attached hydrogen (secondary N) is 2. The number of carbonyl (C=O) groups excluding carboxylic acids is 1. The Bertz CT molecular complexity index is 674. The number of hydrogen-bond donors (Lipinski definition) is 2. The number of halogens is 3. The van der Waals surface area contributed by atoms with Crippen LogP contribution in [-0.2, 0) is 4.79 Å². The van der Waals surface area contributed by atoms with Gasteiger partial charge in [0.05, 0.1) is 12.6 Å². The van der Waals surface area contributed by atoms with Gasteiger partial charge in [-0.1, -0.05) is 18.2 Å². The molecule has 1 atom stereocenters. The van der Waals surface area contributed by atoms with E-state index in [0.717, 1.165) is 23.8 Å². The molecule has 0 saturated heterocycles. The van der Waals surface area contributed by atoms with E-state index in [-0.39, 0.29) is 24.9 Å². The number of para-hydroxylation sites is 1. The second-order valence-corrected chi connectivity index (χ2v) is 6.11. The molecular weight excluding hydrogens is 321 g/mol. The summed E-state index contributed by atoms with van der Waals surface area (Å²) in [4.78, 5) is 12.0. The molecule has 2 aromatic rings. The van der Waals surface area contributed by atoms with Crippen molar-refractivity contribution in [3.05, 3.63) is 36.1 Å². The van der Waals surface area contributed by atoms with Crippen molar-refractivity contribution >= 4 is 16.9 Å². The van der Waals surface area contributed by atoms with Gasteiger partial charge in [0.1, 0.15) is 11.3 Å². The standard InChI is InChI=1S/C17H19F3N2O2/c18-17(19,20)10-21-8-7-15(23)22-16(11-5-6-11)14-9-12-3-1-2-4-13(12)24-14/h1-4,9,11,16,21H,5-8,10H2,(H,22,23). The van der Waals surface area contributed by atoms with Crippen molar-refractivity contribution in [1.82, 2.24) is 10.6 Å². The number of alkyl halides is 3. The summed E-state index contributed by atoms with van der Waals surface area (Å²) >= 11 is 0. The third-order valence-electron chi connectivity index (χ3n) is 4.02. The Labute approximate surface area is 137 Å². The van der Waals surface area contributed by atoms with E-state index in [9.17, 15) is 18.0 Å². The van der Waals surface area contributed by atoms with Crippen LogP contribution in [0.2, 0.25) is 0 Å². The summed E-state index contributed by atoms with van der Waals surface area (Å²) in [6, 6.07) is 9.31. The molecule has 1 unspecified atom stereocenters. The Morgan fingerprint density at radius 1 is 1.29 bits per heavy atom. The van der Waals surface area contributed by atoms with Crippen LogP contribution >= 0.6 is 0 Å². The summed E-state index contributed by atoms with van der Waals surface area (Å²) in [5, 5.41) is 6.10. The van der Waals surface area contributed by atoms with Gasteiger partial charge in [-0.2, -0.15) is 13.2 Å². The normalized spacial score (nSPS) is 16.3. The maximum absolute atomic E-state index is 12.1. The van der Waals surface area contributed by atoms with Crippen LogP contribution in [0.3, 0.4) is 0 Å². The number of benzene rings is 1. The molecule has 1 aromatic heterocycles. The Morgan fingerprint density at radius 2 is 2.04 bits per heavy atom. The molecule has 1 aromatic carbocycles. The lowest BCUT2D eigenvalue weighted by Gasteiger charge is -2.16. The number of hydrogen-bond acceptors (Lipinski definition) is 3. The molecule has 7 heteroatoms. The quantitative estimate of drug-likeness (QED) is 0.758. The van der Waals surface area contributed by atoms with Crippen LogP contribution in [0.15, 0.2) is 34.7 Å². The molecule has 1 amide bonds. The van der Waals surface area contributed by atoms with E-state index in [1.54, 1.807) is 0 Å². The van der Waals surface area contributed by atoms with Crippen LogP contribution in [0.5, 0.6) is 0 Å². The Morgan fingerprint density at radius 3 is 2.71 bits per heavy atom. The second-order valence-electron chi connectivity index (χ2n) is 6.11. The third-order valence-corrected chi connectivity index (χ3v) is 4.02. The summed E-state index contributed by atoms with van der Waals surface area (Å²) < 4.78 is 42.0. The fourth-order valence-corrected chi connectivity index (χ4v) is 2.68. The largest absolute Gasteiger partial charge is 0.459 e. The molecule has 130 valence electrons. The van der Waals surface area contributed by atoms with Crippen molar-refractivity contribution < 1.29 is 22.4 Å². The van der Waals surface area contributed by atoms with Crippen LogP contribution in [0.1, 0.15) is 31.1 Å². The molecule has 4 nitrogen and oxygen atoms in total. The lowest BCUT2D eigenvalue weighted by atomic mass is 10.1. The fourth-order valence-electron chi connectivity index (χ4n) is 2.68. The molecule has 1 heterocycles. The minimum Gasteiger partial charge on any atom is -0.459 e. The van der Waals surface area contributed by atoms with Crippen LogP contribution < -0.4 is 10.6 Å². The van der Waals surface area contributed by atoms with Crippen LogP contribution in [0, 0.1) is 5.92 Å². The highest BCUT2D eigenvalue weighted by atomic mass is 19.4. The van der Waals surface area contributed by atoms with Gasteiger partial charge in [-0.15, -0.1) is 0 Å². The van der Waals surface area contributed by atoms with Gasteiger partial charge in [0.25, 0.3) is 0 Å². The van der Waals surface area contributed by atoms with Crippen molar-refractivity contribution in [3.63, 3.8) is 0 Å². The first kappa shape index (κ1) is 16.8. The number of amides is 1. The lowest BCUT2D eigenvalue weighted by molar-refractivity contribution is -0.127. The van der Waals surface area contributed by atoms with Gasteiger partial charge < -0.3 is 15.1 Å². The average molecular weight is 340 g/mol. The van der Waals surface area contributed by atoms with Crippen molar-refractivity contribution in [1.29, 1.82) is 0 Å². The molecule has 0 radical (unpaired) electrons. The van der Waals surface area contributed by atoms with Crippen molar-refractivity contribution in [2.45, 2.75) is 31.5 Å². The molecule has 1 aliphatic rings. The predicted molar refractivity (Wildman–Crippen MR) is 83.4 cm³/mol. The molecule has 1 saturated carbocycles. The number of fused-ring (bicyclic) bond motifs is 1. The third kappa shape index (κ3) is 4.50. The predicted octanol–water partition coefficient (Wildman–Crippen LogP) is 3.54. The van der Waals surface area contributed by atoms with Crippen LogP contribution in [0.4, 0.5) is 13.2 Å². The zero-order chi connectivity index (χ0) is 17.2. The smallest absolute Gasteiger partial charge is 0.401 e. The van der Waals surface area contributed by atoms with E-state index >= 15 is 0 Å². The topological polar surface area (TPSA) is 54.3 Å². The van der Waals surface area contributed by atoms with Gasteiger partial charge >= 0.3 is 6.18 Å². The van der Waals surface area contributed by atoms with Crippen molar-refractivity contribution in [2.75, 3.05) is 13.1 Å². The van der Waals surface area contributed by atoms with E-state index in [1.165, 1.54) is 0 Å². The molecule has 0 spiro atoms. The first-order valence-corrected chi connectivity index (χ1v) is 7.98. The SMILES string of the molecule is O=C(CCNCC(F)(F)F)NC(c1cc2ccccc2o1)C1CC1. The molecule has 1 fully saturated rings. The summed E-state index contributed by atoms with van der Waals surface area (Å²) in [7, 11) is 0. The van der Waals surface area contributed by atoms with E-state index in [4.69, 9.17) is 4.42 Å². The first-order chi connectivity index (χ1) is 11.4. The van der Waals surface area contributed by atoms with Gasteiger partial charge in [0.2, 0.25) is 5.91 Å². The van der Waals surface area contributed by atoms with Gasteiger partial charge in [-0.3, -0.25) is 4.79 Å². The Hall–Kier alpha value is -2.02. The molecule has 2 N–H and O–H groups in total. The van der Waals surface area contributed by atoms with Gasteiger partial charge in [0, 0.05) is 18.4 Å².